The summed E-state index contributed by atoms with van der Waals surface area (Å²) < 4.78 is 0. The van der Waals surface area contributed by atoms with Crippen LogP contribution in [0.1, 0.15) is 57.8 Å². The van der Waals surface area contributed by atoms with Gasteiger partial charge in [-0.2, -0.15) is 5.26 Å². The van der Waals surface area contributed by atoms with E-state index in [0.29, 0.717) is 12.8 Å². The molecule has 0 heterocycles. The van der Waals surface area contributed by atoms with Gasteiger partial charge in [0.15, 0.2) is 0 Å². The van der Waals surface area contributed by atoms with Crippen molar-refractivity contribution in [1.29, 1.82) is 5.26 Å². The molecule has 0 spiro atoms. The summed E-state index contributed by atoms with van der Waals surface area (Å²) in [6.07, 6.45) is 8.70. The summed E-state index contributed by atoms with van der Waals surface area (Å²) in [7, 11) is 0. The molecule has 2 nitrogen and oxygen atoms in total. The first-order valence-corrected chi connectivity index (χ1v) is 6.68. The van der Waals surface area contributed by atoms with E-state index in [1.165, 1.54) is 0 Å². The van der Waals surface area contributed by atoms with Crippen LogP contribution in [0.15, 0.2) is 0 Å². The number of carbonyl (C=O) groups is 1. The van der Waals surface area contributed by atoms with Gasteiger partial charge in [0.05, 0.1) is 6.07 Å². The molecule has 19 heavy (non-hydrogen) atoms. The van der Waals surface area contributed by atoms with Crippen molar-refractivity contribution >= 4 is 6.29 Å². The van der Waals surface area contributed by atoms with Crippen LogP contribution in [0.4, 0.5) is 0 Å². The minimum atomic E-state index is 0.603. The molecule has 0 fully saturated rings. The number of hydrogen-bond acceptors (Lipinski definition) is 2. The van der Waals surface area contributed by atoms with Crippen LogP contribution < -0.4 is 0 Å². The molecule has 0 radical (unpaired) electrons. The highest BCUT2D eigenvalue weighted by molar-refractivity contribution is 5.48. The summed E-state index contributed by atoms with van der Waals surface area (Å²) in [6, 6.07) is 2.10. The van der Waals surface area contributed by atoms with Crippen molar-refractivity contribution in [2.24, 2.45) is 0 Å². The average molecular weight is 253 g/mol. The van der Waals surface area contributed by atoms with Crippen LogP contribution >= 0.6 is 0 Å². The Morgan fingerprint density at radius 2 is 1.32 bits per heavy atom. The van der Waals surface area contributed by atoms with Crippen molar-refractivity contribution in [2.75, 3.05) is 0 Å². The van der Waals surface area contributed by atoms with E-state index in [0.717, 1.165) is 51.2 Å². The normalized spacial score (nSPS) is 7.74. The zero-order chi connectivity index (χ0) is 14.0. The van der Waals surface area contributed by atoms with Gasteiger partial charge in [0, 0.05) is 25.7 Å². The smallest absolute Gasteiger partial charge is 0.119 e. The highest BCUT2D eigenvalue weighted by Gasteiger charge is 1.85. The summed E-state index contributed by atoms with van der Waals surface area (Å²) in [4.78, 5) is 10.1. The summed E-state index contributed by atoms with van der Waals surface area (Å²) in [6.45, 7) is 0. The lowest BCUT2D eigenvalue weighted by atomic mass is 10.1. The van der Waals surface area contributed by atoms with Crippen LogP contribution in [-0.4, -0.2) is 6.29 Å². The number of nitrogens with zero attached hydrogens (tertiary/aromatic N) is 1. The third-order valence-corrected chi connectivity index (χ3v) is 2.33. The van der Waals surface area contributed by atoms with Crippen molar-refractivity contribution in [3.8, 4) is 41.6 Å². The molecular formula is C17H19NO. The summed E-state index contributed by atoms with van der Waals surface area (Å²) in [5, 5.41) is 8.33. The molecule has 0 aliphatic rings. The van der Waals surface area contributed by atoms with Gasteiger partial charge in [-0.1, -0.05) is 18.3 Å². The maximum absolute atomic E-state index is 10.1. The maximum atomic E-state index is 10.1. The van der Waals surface area contributed by atoms with Gasteiger partial charge in [-0.25, -0.2) is 0 Å². The second-order valence-corrected chi connectivity index (χ2v) is 3.98. The molecule has 0 aromatic carbocycles. The number of aldehydes is 1. The summed E-state index contributed by atoms with van der Waals surface area (Å²) in [5.41, 5.74) is 0. The first-order valence-electron chi connectivity index (χ1n) is 6.68. The van der Waals surface area contributed by atoms with E-state index in [-0.39, 0.29) is 0 Å². The Morgan fingerprint density at radius 3 is 1.89 bits per heavy atom. The molecule has 2 heteroatoms. The lowest BCUT2D eigenvalue weighted by Gasteiger charge is -1.90. The van der Waals surface area contributed by atoms with Gasteiger partial charge in [0.1, 0.15) is 6.29 Å². The van der Waals surface area contributed by atoms with Gasteiger partial charge >= 0.3 is 0 Å². The lowest BCUT2D eigenvalue weighted by molar-refractivity contribution is -0.107. The van der Waals surface area contributed by atoms with Crippen molar-refractivity contribution in [3.05, 3.63) is 0 Å². The fraction of sp³-hybridized carbons (Fsp3) is 0.529. The zero-order valence-corrected chi connectivity index (χ0v) is 11.3. The van der Waals surface area contributed by atoms with E-state index in [1.54, 1.807) is 0 Å². The molecule has 0 N–H and O–H groups in total. The Hall–Kier alpha value is -2.16. The van der Waals surface area contributed by atoms with Gasteiger partial charge in [0.25, 0.3) is 0 Å². The Balaban J connectivity index is 3.51. The highest BCUT2D eigenvalue weighted by atomic mass is 16.1. The van der Waals surface area contributed by atoms with Crippen LogP contribution in [-0.2, 0) is 4.79 Å². The Morgan fingerprint density at radius 1 is 0.737 bits per heavy atom. The van der Waals surface area contributed by atoms with Crippen LogP contribution in [0.3, 0.4) is 0 Å². The number of unbranched alkanes of at least 4 members (excludes halogenated alkanes) is 7. The molecule has 0 aliphatic heterocycles. The van der Waals surface area contributed by atoms with Crippen LogP contribution in [0, 0.1) is 46.9 Å². The van der Waals surface area contributed by atoms with Crippen molar-refractivity contribution in [3.63, 3.8) is 0 Å². The Kier molecular flexibility index (Phi) is 14.0. The predicted octanol–water partition coefficient (Wildman–Crippen LogP) is 3.23. The third-order valence-electron chi connectivity index (χ3n) is 2.33. The summed E-state index contributed by atoms with van der Waals surface area (Å²) >= 11 is 0. The second kappa shape index (κ2) is 15.8. The Labute approximate surface area is 116 Å². The fourth-order valence-corrected chi connectivity index (χ4v) is 1.31. The maximum Gasteiger partial charge on any atom is 0.119 e. The molecule has 0 bridgehead atoms. The third kappa shape index (κ3) is 15.8. The molecule has 98 valence electrons. The molecule has 0 saturated heterocycles. The van der Waals surface area contributed by atoms with Gasteiger partial charge in [-0.05, 0) is 49.4 Å². The van der Waals surface area contributed by atoms with Gasteiger partial charge in [0.2, 0.25) is 0 Å². The predicted molar refractivity (Wildman–Crippen MR) is 76.6 cm³/mol. The molecule has 0 atom stereocenters. The second-order valence-electron chi connectivity index (χ2n) is 3.98. The molecule has 0 aliphatic carbocycles. The van der Waals surface area contributed by atoms with E-state index in [1.807, 2.05) is 0 Å². The van der Waals surface area contributed by atoms with Crippen molar-refractivity contribution in [2.45, 2.75) is 57.8 Å². The van der Waals surface area contributed by atoms with E-state index in [9.17, 15) is 4.79 Å². The number of hydrogen-bond donors (Lipinski definition) is 0. The minimum absolute atomic E-state index is 0.603. The minimum Gasteiger partial charge on any atom is -0.303 e. The fourth-order valence-electron chi connectivity index (χ4n) is 1.31. The van der Waals surface area contributed by atoms with E-state index in [2.05, 4.69) is 41.6 Å². The molecule has 0 rings (SSSR count). The van der Waals surface area contributed by atoms with Crippen molar-refractivity contribution < 1.29 is 4.79 Å². The molecule has 0 aromatic heterocycles. The number of rotatable bonds is 8. The first kappa shape index (κ1) is 16.8. The number of nitriles is 1. The lowest BCUT2D eigenvalue weighted by Crippen LogP contribution is -1.77. The first-order chi connectivity index (χ1) is 9.41. The van der Waals surface area contributed by atoms with Crippen molar-refractivity contribution in [1.82, 2.24) is 0 Å². The molecule has 0 saturated carbocycles. The monoisotopic (exact) mass is 253 g/mol. The molecule has 0 unspecified atom stereocenters. The summed E-state index contributed by atoms with van der Waals surface area (Å²) in [5.74, 6) is 16.8. The topological polar surface area (TPSA) is 40.9 Å². The molecule has 0 amide bonds. The van der Waals surface area contributed by atoms with Gasteiger partial charge in [-0.3, -0.25) is 0 Å². The molecular weight excluding hydrogens is 234 g/mol. The molecule has 0 aromatic rings. The van der Waals surface area contributed by atoms with E-state index in [4.69, 9.17) is 5.26 Å². The van der Waals surface area contributed by atoms with Crippen LogP contribution in [0.5, 0.6) is 0 Å². The van der Waals surface area contributed by atoms with E-state index < -0.39 is 0 Å². The standard InChI is InChI=1S/C17H19NO/c18-16-14-12-10-8-6-4-2-1-3-5-7-9-11-13-15-17-19/h17H,7-15H2. The SMILES string of the molecule is N#CCCCCC#CC#CC#CCCCCCC=O. The number of carbonyl (C=O) groups excluding carboxylic acids is 1. The zero-order valence-electron chi connectivity index (χ0n) is 11.3. The van der Waals surface area contributed by atoms with E-state index >= 15 is 0 Å². The van der Waals surface area contributed by atoms with Crippen LogP contribution in [0.2, 0.25) is 0 Å². The quantitative estimate of drug-likeness (QED) is 0.378. The largest absolute Gasteiger partial charge is 0.303 e. The van der Waals surface area contributed by atoms with Gasteiger partial charge in [-0.15, -0.1) is 0 Å². The Bertz CT molecular complexity index is 451. The highest BCUT2D eigenvalue weighted by Crippen LogP contribution is 2.00. The van der Waals surface area contributed by atoms with Gasteiger partial charge < -0.3 is 4.79 Å². The average Bonchev–Trinajstić information content (AvgIpc) is 2.43. The van der Waals surface area contributed by atoms with Crippen LogP contribution in [0.25, 0.3) is 0 Å².